The fourth-order valence-electron chi connectivity index (χ4n) is 2.58. The van der Waals surface area contributed by atoms with E-state index in [0.29, 0.717) is 19.0 Å². The van der Waals surface area contributed by atoms with Crippen LogP contribution in [0.25, 0.3) is 0 Å². The Kier molecular flexibility index (Phi) is 4.94. The number of rotatable bonds is 3. The van der Waals surface area contributed by atoms with Crippen molar-refractivity contribution in [1.82, 2.24) is 14.8 Å². The van der Waals surface area contributed by atoms with Crippen LogP contribution in [0.2, 0.25) is 5.15 Å². The van der Waals surface area contributed by atoms with Crippen molar-refractivity contribution in [2.24, 2.45) is 5.92 Å². The number of aromatic nitrogens is 1. The van der Waals surface area contributed by atoms with Crippen molar-refractivity contribution in [2.75, 3.05) is 33.7 Å². The molecule has 110 valence electrons. The first-order chi connectivity index (χ1) is 9.47. The van der Waals surface area contributed by atoms with Crippen LogP contribution in [0.5, 0.6) is 0 Å². The molecule has 1 aliphatic rings. The third-order valence-corrected chi connectivity index (χ3v) is 3.86. The molecule has 2 rings (SSSR count). The molecule has 0 aliphatic carbocycles. The second kappa shape index (κ2) is 6.50. The van der Waals surface area contributed by atoms with Crippen LogP contribution >= 0.6 is 11.6 Å². The van der Waals surface area contributed by atoms with E-state index in [-0.39, 0.29) is 16.6 Å². The largest absolute Gasteiger partial charge is 0.339 e. The first-order valence-electron chi connectivity index (χ1n) is 6.72. The first kappa shape index (κ1) is 15.2. The van der Waals surface area contributed by atoms with Crippen molar-refractivity contribution in [3.63, 3.8) is 0 Å². The summed E-state index contributed by atoms with van der Waals surface area (Å²) in [5.41, 5.74) is 0.151. The normalized spacial score (nSPS) is 16.8. The third kappa shape index (κ3) is 3.67. The molecule has 20 heavy (non-hydrogen) atoms. The number of halogens is 2. The summed E-state index contributed by atoms with van der Waals surface area (Å²) in [6, 6.07) is 1.16. The maximum absolute atomic E-state index is 13.2. The lowest BCUT2D eigenvalue weighted by atomic mass is 9.96. The topological polar surface area (TPSA) is 36.4 Å². The highest BCUT2D eigenvalue weighted by Crippen LogP contribution is 2.22. The smallest absolute Gasteiger partial charge is 0.257 e. The molecule has 1 amide bonds. The molecule has 4 nitrogen and oxygen atoms in total. The number of carbonyl (C=O) groups is 1. The Labute approximate surface area is 123 Å². The van der Waals surface area contributed by atoms with Gasteiger partial charge in [0.1, 0.15) is 11.0 Å². The maximum Gasteiger partial charge on any atom is 0.257 e. The van der Waals surface area contributed by atoms with Gasteiger partial charge in [-0.05, 0) is 38.9 Å². The van der Waals surface area contributed by atoms with E-state index >= 15 is 0 Å². The minimum atomic E-state index is -0.541. The molecular formula is C14H19ClFN3O. The number of carbonyl (C=O) groups excluding carboxylic acids is 1. The molecule has 1 fully saturated rings. The Morgan fingerprint density at radius 3 is 2.75 bits per heavy atom. The highest BCUT2D eigenvalue weighted by molar-refractivity contribution is 6.32. The van der Waals surface area contributed by atoms with E-state index in [1.54, 1.807) is 4.90 Å². The second-order valence-electron chi connectivity index (χ2n) is 5.49. The molecule has 0 bridgehead atoms. The summed E-state index contributed by atoms with van der Waals surface area (Å²) in [7, 11) is 4.10. The van der Waals surface area contributed by atoms with E-state index in [0.717, 1.165) is 31.6 Å². The Morgan fingerprint density at radius 2 is 2.15 bits per heavy atom. The summed E-state index contributed by atoms with van der Waals surface area (Å²) in [4.78, 5) is 19.9. The number of likely N-dealkylation sites (tertiary alicyclic amines) is 1. The van der Waals surface area contributed by atoms with Gasteiger partial charge in [0.2, 0.25) is 0 Å². The number of piperidine rings is 1. The Bertz CT molecular complexity index is 487. The Morgan fingerprint density at radius 1 is 1.50 bits per heavy atom. The van der Waals surface area contributed by atoms with Crippen molar-refractivity contribution in [3.05, 3.63) is 28.8 Å². The van der Waals surface area contributed by atoms with Crippen LogP contribution < -0.4 is 0 Å². The van der Waals surface area contributed by atoms with Gasteiger partial charge in [0.25, 0.3) is 5.91 Å². The van der Waals surface area contributed by atoms with Gasteiger partial charge in [-0.2, -0.15) is 0 Å². The molecule has 1 aromatic rings. The fraction of sp³-hybridized carbons (Fsp3) is 0.571. The van der Waals surface area contributed by atoms with Crippen LogP contribution in [0.4, 0.5) is 4.39 Å². The Balaban J connectivity index is 2.00. The quantitative estimate of drug-likeness (QED) is 0.804. The van der Waals surface area contributed by atoms with E-state index in [1.807, 2.05) is 0 Å². The summed E-state index contributed by atoms with van der Waals surface area (Å²) >= 11 is 5.88. The molecular weight excluding hydrogens is 281 g/mol. The highest BCUT2D eigenvalue weighted by atomic mass is 35.5. The summed E-state index contributed by atoms with van der Waals surface area (Å²) in [6.45, 7) is 2.40. The molecule has 0 saturated carbocycles. The van der Waals surface area contributed by atoms with Gasteiger partial charge in [-0.25, -0.2) is 9.37 Å². The first-order valence-corrected chi connectivity index (χ1v) is 7.10. The van der Waals surface area contributed by atoms with Gasteiger partial charge >= 0.3 is 0 Å². The lowest BCUT2D eigenvalue weighted by Crippen LogP contribution is -2.40. The van der Waals surface area contributed by atoms with E-state index in [9.17, 15) is 9.18 Å². The molecule has 0 aromatic carbocycles. The van der Waals surface area contributed by atoms with Crippen LogP contribution in [0.3, 0.4) is 0 Å². The fourth-order valence-corrected chi connectivity index (χ4v) is 2.76. The van der Waals surface area contributed by atoms with Crippen molar-refractivity contribution < 1.29 is 9.18 Å². The van der Waals surface area contributed by atoms with Crippen molar-refractivity contribution >= 4 is 17.5 Å². The molecule has 1 aliphatic heterocycles. The zero-order valence-electron chi connectivity index (χ0n) is 11.8. The van der Waals surface area contributed by atoms with Gasteiger partial charge in [-0.1, -0.05) is 11.6 Å². The van der Waals surface area contributed by atoms with Crippen molar-refractivity contribution in [1.29, 1.82) is 0 Å². The minimum absolute atomic E-state index is 0.0619. The average Bonchev–Trinajstić information content (AvgIpc) is 2.41. The second-order valence-corrected chi connectivity index (χ2v) is 5.85. The van der Waals surface area contributed by atoms with Gasteiger partial charge < -0.3 is 9.80 Å². The predicted octanol–water partition coefficient (Wildman–Crippen LogP) is 2.29. The molecule has 0 radical (unpaired) electrons. The minimum Gasteiger partial charge on any atom is -0.339 e. The van der Waals surface area contributed by atoms with E-state index in [2.05, 4.69) is 24.0 Å². The van der Waals surface area contributed by atoms with E-state index in [1.165, 1.54) is 0 Å². The standard InChI is InChI=1S/C14H19ClFN3O/c1-18(2)9-10-3-5-19(6-4-10)14(20)12-7-11(16)8-17-13(12)15/h7-8,10H,3-6,9H2,1-2H3. The monoisotopic (exact) mass is 299 g/mol. The summed E-state index contributed by atoms with van der Waals surface area (Å²) < 4.78 is 13.2. The van der Waals surface area contributed by atoms with Gasteiger partial charge in [0.15, 0.2) is 0 Å². The number of pyridine rings is 1. The molecule has 6 heteroatoms. The lowest BCUT2D eigenvalue weighted by Gasteiger charge is -2.33. The molecule has 1 aromatic heterocycles. The molecule has 2 heterocycles. The van der Waals surface area contributed by atoms with Gasteiger partial charge in [0.05, 0.1) is 11.8 Å². The van der Waals surface area contributed by atoms with Crippen molar-refractivity contribution in [2.45, 2.75) is 12.8 Å². The molecule has 0 N–H and O–H groups in total. The number of amides is 1. The number of hydrogen-bond donors (Lipinski definition) is 0. The third-order valence-electron chi connectivity index (χ3n) is 3.56. The van der Waals surface area contributed by atoms with Gasteiger partial charge in [-0.3, -0.25) is 4.79 Å². The van der Waals surface area contributed by atoms with E-state index < -0.39 is 5.82 Å². The lowest BCUT2D eigenvalue weighted by molar-refractivity contribution is 0.0677. The SMILES string of the molecule is CN(C)CC1CCN(C(=O)c2cc(F)cnc2Cl)CC1. The maximum atomic E-state index is 13.2. The number of hydrogen-bond acceptors (Lipinski definition) is 3. The molecule has 0 unspecified atom stereocenters. The van der Waals surface area contributed by atoms with Crippen LogP contribution in [-0.2, 0) is 0 Å². The van der Waals surface area contributed by atoms with Crippen LogP contribution in [0.15, 0.2) is 12.3 Å². The average molecular weight is 300 g/mol. The summed E-state index contributed by atoms with van der Waals surface area (Å²) in [5, 5.41) is 0.0619. The Hall–Kier alpha value is -1.20. The van der Waals surface area contributed by atoms with Gasteiger partial charge in [-0.15, -0.1) is 0 Å². The zero-order valence-corrected chi connectivity index (χ0v) is 12.5. The summed E-state index contributed by atoms with van der Waals surface area (Å²) in [6.07, 6.45) is 2.94. The van der Waals surface area contributed by atoms with Gasteiger partial charge in [0, 0.05) is 19.6 Å². The molecule has 1 saturated heterocycles. The van der Waals surface area contributed by atoms with Crippen LogP contribution in [0.1, 0.15) is 23.2 Å². The molecule has 0 atom stereocenters. The zero-order chi connectivity index (χ0) is 14.7. The van der Waals surface area contributed by atoms with Crippen LogP contribution in [0, 0.1) is 11.7 Å². The molecule has 0 spiro atoms. The predicted molar refractivity (Wildman–Crippen MR) is 76.4 cm³/mol. The highest BCUT2D eigenvalue weighted by Gasteiger charge is 2.25. The van der Waals surface area contributed by atoms with Crippen molar-refractivity contribution in [3.8, 4) is 0 Å². The number of nitrogens with zero attached hydrogens (tertiary/aromatic N) is 3. The van der Waals surface area contributed by atoms with E-state index in [4.69, 9.17) is 11.6 Å². The summed E-state index contributed by atoms with van der Waals surface area (Å²) in [5.74, 6) is -0.166. The van der Waals surface area contributed by atoms with Crippen LogP contribution in [-0.4, -0.2) is 54.4 Å².